The smallest absolute Gasteiger partial charge is 0.319 e. The second-order valence-corrected chi connectivity index (χ2v) is 7.56. The number of amides is 4. The number of methoxy groups -OCH3 is 1. The lowest BCUT2D eigenvalue weighted by molar-refractivity contribution is -0.121. The van der Waals surface area contributed by atoms with E-state index in [1.54, 1.807) is 30.2 Å². The first-order chi connectivity index (χ1) is 14.4. The zero-order valence-corrected chi connectivity index (χ0v) is 18.6. The minimum absolute atomic E-state index is 0.0324. The number of hydrogen-bond acceptors (Lipinski definition) is 4. The number of anilines is 1. The van der Waals surface area contributed by atoms with E-state index in [0.717, 1.165) is 0 Å². The normalized spacial score (nSPS) is 14.3. The van der Waals surface area contributed by atoms with E-state index >= 15 is 0 Å². The molecule has 1 aliphatic heterocycles. The monoisotopic (exact) mass is 438 g/mol. The first-order valence-electron chi connectivity index (χ1n) is 10.3. The van der Waals surface area contributed by atoms with Gasteiger partial charge in [0.25, 0.3) is 5.91 Å². The van der Waals surface area contributed by atoms with Crippen LogP contribution in [0.3, 0.4) is 0 Å². The predicted octanol–water partition coefficient (Wildman–Crippen LogP) is 2.83. The third-order valence-electron chi connectivity index (χ3n) is 5.24. The molecule has 0 atom stereocenters. The molecular formula is C21H31ClN4O4. The highest BCUT2D eigenvalue weighted by Crippen LogP contribution is 2.24. The molecule has 30 heavy (non-hydrogen) atoms. The summed E-state index contributed by atoms with van der Waals surface area (Å²) in [7, 11) is 1.56. The maximum atomic E-state index is 12.6. The Morgan fingerprint density at radius 3 is 2.43 bits per heavy atom. The number of rotatable bonds is 8. The van der Waals surface area contributed by atoms with Crippen LogP contribution < -0.4 is 10.6 Å². The van der Waals surface area contributed by atoms with Gasteiger partial charge in [-0.05, 0) is 44.9 Å². The summed E-state index contributed by atoms with van der Waals surface area (Å²) in [4.78, 5) is 40.8. The fraction of sp³-hybridized carbons (Fsp3) is 0.571. The molecule has 0 radical (unpaired) electrons. The molecule has 166 valence electrons. The summed E-state index contributed by atoms with van der Waals surface area (Å²) in [6.07, 6.45) is 1.24. The van der Waals surface area contributed by atoms with Gasteiger partial charge in [-0.15, -0.1) is 0 Å². The molecule has 0 aromatic heterocycles. The minimum atomic E-state index is -0.292. The Morgan fingerprint density at radius 1 is 1.20 bits per heavy atom. The Labute approximate surface area is 182 Å². The molecule has 0 aliphatic carbocycles. The Kier molecular flexibility index (Phi) is 9.39. The number of benzene rings is 1. The van der Waals surface area contributed by atoms with Crippen LogP contribution in [-0.4, -0.2) is 74.1 Å². The van der Waals surface area contributed by atoms with Crippen molar-refractivity contribution in [1.82, 2.24) is 15.1 Å². The molecule has 1 aromatic carbocycles. The average molecular weight is 439 g/mol. The van der Waals surface area contributed by atoms with Gasteiger partial charge in [-0.25, -0.2) is 4.79 Å². The van der Waals surface area contributed by atoms with Gasteiger partial charge in [0, 0.05) is 51.4 Å². The van der Waals surface area contributed by atoms with E-state index in [0.29, 0.717) is 63.4 Å². The Hall–Kier alpha value is -2.32. The third kappa shape index (κ3) is 6.34. The largest absolute Gasteiger partial charge is 0.383 e. The molecule has 2 N–H and O–H groups in total. The van der Waals surface area contributed by atoms with Crippen molar-refractivity contribution in [1.29, 1.82) is 0 Å². The fourth-order valence-corrected chi connectivity index (χ4v) is 3.68. The molecule has 0 spiro atoms. The second kappa shape index (κ2) is 11.8. The Bertz CT molecular complexity index is 747. The molecular weight excluding hydrogens is 408 g/mol. The highest BCUT2D eigenvalue weighted by atomic mass is 35.5. The number of urea groups is 1. The molecule has 0 bridgehead atoms. The first kappa shape index (κ1) is 24.0. The van der Waals surface area contributed by atoms with Crippen molar-refractivity contribution in [2.75, 3.05) is 51.8 Å². The van der Waals surface area contributed by atoms with Crippen LogP contribution in [0.4, 0.5) is 10.5 Å². The lowest BCUT2D eigenvalue weighted by Crippen LogP contribution is -2.47. The average Bonchev–Trinajstić information content (AvgIpc) is 2.74. The summed E-state index contributed by atoms with van der Waals surface area (Å²) in [6, 6.07) is 4.86. The molecule has 9 heteroatoms. The van der Waals surface area contributed by atoms with Crippen LogP contribution in [0.2, 0.25) is 5.02 Å². The van der Waals surface area contributed by atoms with Gasteiger partial charge < -0.3 is 25.2 Å². The second-order valence-electron chi connectivity index (χ2n) is 7.15. The zero-order chi connectivity index (χ0) is 22.1. The number of ether oxygens (including phenoxy) is 1. The van der Waals surface area contributed by atoms with Gasteiger partial charge in [-0.2, -0.15) is 0 Å². The van der Waals surface area contributed by atoms with Crippen LogP contribution in [0.25, 0.3) is 0 Å². The van der Waals surface area contributed by atoms with E-state index in [9.17, 15) is 14.4 Å². The van der Waals surface area contributed by atoms with E-state index in [2.05, 4.69) is 10.6 Å². The van der Waals surface area contributed by atoms with Gasteiger partial charge in [0.05, 0.1) is 17.2 Å². The van der Waals surface area contributed by atoms with E-state index in [4.69, 9.17) is 16.3 Å². The van der Waals surface area contributed by atoms with E-state index in [1.165, 1.54) is 0 Å². The number of piperidine rings is 1. The van der Waals surface area contributed by atoms with Crippen LogP contribution in [-0.2, 0) is 9.53 Å². The quantitative estimate of drug-likeness (QED) is 0.610. The molecule has 1 aromatic rings. The topological polar surface area (TPSA) is 91.0 Å². The molecule has 1 heterocycles. The molecule has 8 nitrogen and oxygen atoms in total. The molecule has 2 rings (SSSR count). The van der Waals surface area contributed by atoms with Gasteiger partial charge in [-0.3, -0.25) is 9.59 Å². The maximum absolute atomic E-state index is 12.6. The van der Waals surface area contributed by atoms with E-state index in [1.807, 2.05) is 18.7 Å². The van der Waals surface area contributed by atoms with Crippen molar-refractivity contribution < 1.29 is 19.1 Å². The summed E-state index contributed by atoms with van der Waals surface area (Å²) in [5.41, 5.74) is 0.883. The summed E-state index contributed by atoms with van der Waals surface area (Å²) >= 11 is 6.23. The first-order valence-corrected chi connectivity index (χ1v) is 10.7. The molecule has 4 amide bonds. The summed E-state index contributed by atoms with van der Waals surface area (Å²) < 4.78 is 4.90. The van der Waals surface area contributed by atoms with Gasteiger partial charge in [0.2, 0.25) is 5.91 Å². The Morgan fingerprint density at radius 2 is 1.87 bits per heavy atom. The number of halogens is 1. The highest BCUT2D eigenvalue weighted by molar-refractivity contribution is 6.34. The number of nitrogens with one attached hydrogen (secondary N) is 2. The van der Waals surface area contributed by atoms with E-state index in [-0.39, 0.29) is 28.8 Å². The van der Waals surface area contributed by atoms with Gasteiger partial charge in [0.15, 0.2) is 0 Å². The van der Waals surface area contributed by atoms with Crippen LogP contribution in [0.15, 0.2) is 18.2 Å². The van der Waals surface area contributed by atoms with Crippen LogP contribution in [0.1, 0.15) is 37.0 Å². The number of carbonyl (C=O) groups excluding carboxylic acids is 3. The molecule has 0 saturated carbocycles. The van der Waals surface area contributed by atoms with Crippen molar-refractivity contribution in [2.24, 2.45) is 5.92 Å². The molecule has 1 aliphatic rings. The molecule has 0 unspecified atom stereocenters. The fourth-order valence-electron chi connectivity index (χ4n) is 3.41. The van der Waals surface area contributed by atoms with Gasteiger partial charge in [-0.1, -0.05) is 11.6 Å². The summed E-state index contributed by atoms with van der Waals surface area (Å²) in [5, 5.41) is 5.85. The van der Waals surface area contributed by atoms with Crippen LogP contribution >= 0.6 is 11.6 Å². The lowest BCUT2D eigenvalue weighted by atomic mass is 9.96. The van der Waals surface area contributed by atoms with Crippen molar-refractivity contribution >= 4 is 35.1 Å². The zero-order valence-electron chi connectivity index (χ0n) is 17.9. The number of hydrogen-bond donors (Lipinski definition) is 2. The Balaban J connectivity index is 1.89. The van der Waals surface area contributed by atoms with Crippen LogP contribution in [0.5, 0.6) is 0 Å². The van der Waals surface area contributed by atoms with Crippen molar-refractivity contribution in [3.05, 3.63) is 28.8 Å². The van der Waals surface area contributed by atoms with E-state index < -0.39 is 0 Å². The molecule has 1 fully saturated rings. The standard InChI is InChI=1S/C21H31ClN4O4/c1-4-25(5-2)21(29)26-11-8-15(9-12-26)19(27)24-16-6-7-17(18(22)14-16)20(28)23-10-13-30-3/h6-7,14-15H,4-5,8-13H2,1-3H3,(H,23,28)(H,24,27). The SMILES string of the molecule is CCN(CC)C(=O)N1CCC(C(=O)Nc2ccc(C(=O)NCCOC)c(Cl)c2)CC1. The minimum Gasteiger partial charge on any atom is -0.383 e. The maximum Gasteiger partial charge on any atom is 0.319 e. The number of nitrogens with zero attached hydrogens (tertiary/aromatic N) is 2. The number of carbonyl (C=O) groups is 3. The molecule has 1 saturated heterocycles. The van der Waals surface area contributed by atoms with Gasteiger partial charge in [0.1, 0.15) is 0 Å². The summed E-state index contributed by atoms with van der Waals surface area (Å²) in [6.45, 7) is 7.20. The van der Waals surface area contributed by atoms with Crippen molar-refractivity contribution in [3.8, 4) is 0 Å². The lowest BCUT2D eigenvalue weighted by Gasteiger charge is -2.34. The predicted molar refractivity (Wildman–Crippen MR) is 117 cm³/mol. The summed E-state index contributed by atoms with van der Waals surface area (Å²) in [5.74, 6) is -0.556. The third-order valence-corrected chi connectivity index (χ3v) is 5.56. The van der Waals surface area contributed by atoms with Gasteiger partial charge >= 0.3 is 6.03 Å². The highest BCUT2D eigenvalue weighted by Gasteiger charge is 2.29. The number of likely N-dealkylation sites (tertiary alicyclic amines) is 1. The van der Waals surface area contributed by atoms with Crippen molar-refractivity contribution in [2.45, 2.75) is 26.7 Å². The van der Waals surface area contributed by atoms with Crippen LogP contribution in [0, 0.1) is 5.92 Å². The van der Waals surface area contributed by atoms with Crippen molar-refractivity contribution in [3.63, 3.8) is 0 Å².